The van der Waals surface area contributed by atoms with E-state index >= 15 is 0 Å². The number of nitrogens with zero attached hydrogens (tertiary/aromatic N) is 2. The monoisotopic (exact) mass is 452 g/mol. The largest absolute Gasteiger partial charge is 0.485 e. The zero-order valence-electron chi connectivity index (χ0n) is 18.3. The average Bonchev–Trinajstić information content (AvgIpc) is 3.65. The van der Waals surface area contributed by atoms with Crippen molar-refractivity contribution >= 4 is 16.9 Å². The number of rotatable bonds is 6. The Morgan fingerprint density at radius 1 is 1.21 bits per heavy atom. The van der Waals surface area contributed by atoms with Crippen LogP contribution in [0.25, 0.3) is 10.9 Å². The van der Waals surface area contributed by atoms with Gasteiger partial charge >= 0.3 is 5.97 Å². The topological polar surface area (TPSA) is 90.7 Å². The number of fused-ring (bicyclic) bond motifs is 1. The Labute approximate surface area is 189 Å². The van der Waals surface area contributed by atoms with Crippen molar-refractivity contribution in [2.75, 3.05) is 13.2 Å². The minimum absolute atomic E-state index is 0.0111. The molecule has 0 radical (unpaired) electrons. The molecule has 172 valence electrons. The van der Waals surface area contributed by atoms with Crippen molar-refractivity contribution in [2.24, 2.45) is 0 Å². The number of hydrogen-bond acceptors (Lipinski definition) is 5. The molecule has 1 N–H and O–H groups in total. The van der Waals surface area contributed by atoms with Gasteiger partial charge in [-0.1, -0.05) is 12.1 Å². The van der Waals surface area contributed by atoms with Gasteiger partial charge in [-0.3, -0.25) is 9.36 Å². The standard InChI is InChI=1S/C25H25FN2O5/c1-14(33-21-5-3-2-4-18(21)25(30)31)19-12-16(26)13-20-22(19)27-23(15-8-10-32-11-9-15)28(24(20)29)17-6-7-17/h2-5,12-15,17H,6-11H2,1H3,(H,30,31)/t14-/m0/s1. The van der Waals surface area contributed by atoms with Crippen LogP contribution in [0.2, 0.25) is 0 Å². The average molecular weight is 452 g/mol. The zero-order valence-corrected chi connectivity index (χ0v) is 18.3. The SMILES string of the molecule is C[C@H](Oc1ccccc1C(=O)O)c1cc(F)cc2c(=O)n(C3CC3)c(C3CCOCC3)nc12. The second kappa shape index (κ2) is 8.59. The van der Waals surface area contributed by atoms with Gasteiger partial charge < -0.3 is 14.6 Å². The molecular weight excluding hydrogens is 427 g/mol. The first kappa shape index (κ1) is 21.6. The fourth-order valence-corrected chi connectivity index (χ4v) is 4.55. The number of carbonyl (C=O) groups is 1. The van der Waals surface area contributed by atoms with Crippen LogP contribution in [-0.2, 0) is 4.74 Å². The van der Waals surface area contributed by atoms with Crippen LogP contribution in [0.5, 0.6) is 5.75 Å². The number of halogens is 1. The number of carboxylic acid groups (broad SMARTS) is 1. The van der Waals surface area contributed by atoms with E-state index in [9.17, 15) is 19.1 Å². The summed E-state index contributed by atoms with van der Waals surface area (Å²) in [5.41, 5.74) is 0.596. The van der Waals surface area contributed by atoms with Crippen LogP contribution in [0.15, 0.2) is 41.2 Å². The highest BCUT2D eigenvalue weighted by Crippen LogP contribution is 2.39. The van der Waals surface area contributed by atoms with Crippen molar-refractivity contribution in [3.8, 4) is 5.75 Å². The molecule has 2 heterocycles. The van der Waals surface area contributed by atoms with E-state index in [0.717, 1.165) is 31.5 Å². The van der Waals surface area contributed by atoms with Crippen molar-refractivity contribution in [3.05, 3.63) is 69.5 Å². The van der Waals surface area contributed by atoms with E-state index in [0.29, 0.717) is 24.3 Å². The van der Waals surface area contributed by atoms with Crippen molar-refractivity contribution < 1.29 is 23.8 Å². The van der Waals surface area contributed by atoms with Gasteiger partial charge in [0.2, 0.25) is 0 Å². The highest BCUT2D eigenvalue weighted by atomic mass is 19.1. The molecule has 1 saturated heterocycles. The normalized spacial score (nSPS) is 17.8. The van der Waals surface area contributed by atoms with E-state index in [2.05, 4.69) is 0 Å². The van der Waals surface area contributed by atoms with Gasteiger partial charge in [0.25, 0.3) is 5.56 Å². The highest BCUT2D eigenvalue weighted by Gasteiger charge is 2.32. The lowest BCUT2D eigenvalue weighted by Gasteiger charge is -2.25. The molecule has 1 aromatic heterocycles. The maximum absolute atomic E-state index is 14.6. The molecule has 2 aromatic carbocycles. The predicted octanol–water partition coefficient (Wildman–Crippen LogP) is 4.60. The summed E-state index contributed by atoms with van der Waals surface area (Å²) in [5.74, 6) is -0.679. The number of carboxylic acids is 1. The summed E-state index contributed by atoms with van der Waals surface area (Å²) in [7, 11) is 0. The highest BCUT2D eigenvalue weighted by molar-refractivity contribution is 5.90. The van der Waals surface area contributed by atoms with Crippen LogP contribution in [0.1, 0.15) is 72.4 Å². The fraction of sp³-hybridized carbons (Fsp3) is 0.400. The summed E-state index contributed by atoms with van der Waals surface area (Å²) in [6, 6.07) is 8.95. The first-order valence-corrected chi connectivity index (χ1v) is 11.3. The molecule has 0 unspecified atom stereocenters. The van der Waals surface area contributed by atoms with Crippen molar-refractivity contribution in [1.29, 1.82) is 0 Å². The molecule has 0 amide bonds. The molecule has 2 aliphatic rings. The molecule has 0 bridgehead atoms. The zero-order chi connectivity index (χ0) is 23.1. The number of para-hydroxylation sites is 1. The van der Waals surface area contributed by atoms with E-state index in [1.165, 1.54) is 18.2 Å². The van der Waals surface area contributed by atoms with E-state index in [4.69, 9.17) is 14.5 Å². The Morgan fingerprint density at radius 3 is 2.64 bits per heavy atom. The predicted molar refractivity (Wildman–Crippen MR) is 119 cm³/mol. The molecule has 1 aliphatic carbocycles. The quantitative estimate of drug-likeness (QED) is 0.588. The van der Waals surface area contributed by atoms with Gasteiger partial charge in [0, 0.05) is 30.7 Å². The maximum atomic E-state index is 14.6. The van der Waals surface area contributed by atoms with Crippen LogP contribution < -0.4 is 10.3 Å². The summed E-state index contributed by atoms with van der Waals surface area (Å²) in [6.07, 6.45) is 2.65. The smallest absolute Gasteiger partial charge is 0.339 e. The minimum atomic E-state index is -1.12. The van der Waals surface area contributed by atoms with Crippen LogP contribution in [0.3, 0.4) is 0 Å². The summed E-state index contributed by atoms with van der Waals surface area (Å²) >= 11 is 0. The third kappa shape index (κ3) is 4.11. The molecule has 3 aromatic rings. The Balaban J connectivity index is 1.64. The molecule has 8 heteroatoms. The number of benzene rings is 2. The minimum Gasteiger partial charge on any atom is -0.485 e. The summed E-state index contributed by atoms with van der Waals surface area (Å²) < 4.78 is 27.9. The van der Waals surface area contributed by atoms with Crippen LogP contribution in [-0.4, -0.2) is 33.8 Å². The summed E-state index contributed by atoms with van der Waals surface area (Å²) in [4.78, 5) is 30.0. The van der Waals surface area contributed by atoms with Crippen LogP contribution >= 0.6 is 0 Å². The van der Waals surface area contributed by atoms with Gasteiger partial charge in [0.05, 0.1) is 10.9 Å². The van der Waals surface area contributed by atoms with E-state index in [-0.39, 0.29) is 34.2 Å². The number of aromatic nitrogens is 2. The van der Waals surface area contributed by atoms with Gasteiger partial charge in [-0.2, -0.15) is 0 Å². The third-order valence-electron chi connectivity index (χ3n) is 6.38. The number of aromatic carboxylic acids is 1. The molecule has 0 spiro atoms. The molecule has 7 nitrogen and oxygen atoms in total. The molecule has 1 aliphatic heterocycles. The molecule has 5 rings (SSSR count). The van der Waals surface area contributed by atoms with Crippen LogP contribution in [0.4, 0.5) is 4.39 Å². The Kier molecular flexibility index (Phi) is 5.62. The second-order valence-corrected chi connectivity index (χ2v) is 8.72. The van der Waals surface area contributed by atoms with Gasteiger partial charge in [-0.25, -0.2) is 14.2 Å². The lowest BCUT2D eigenvalue weighted by atomic mass is 9.98. The van der Waals surface area contributed by atoms with Gasteiger partial charge in [-0.05, 0) is 56.9 Å². The van der Waals surface area contributed by atoms with E-state index < -0.39 is 17.9 Å². The number of hydrogen-bond donors (Lipinski definition) is 1. The molecule has 2 fully saturated rings. The molecule has 33 heavy (non-hydrogen) atoms. The van der Waals surface area contributed by atoms with E-state index in [1.807, 2.05) is 0 Å². The van der Waals surface area contributed by atoms with Crippen LogP contribution in [0, 0.1) is 5.82 Å². The first-order chi connectivity index (χ1) is 15.9. The Hall–Kier alpha value is -3.26. The second-order valence-electron chi connectivity index (χ2n) is 8.72. The van der Waals surface area contributed by atoms with Gasteiger partial charge in [-0.15, -0.1) is 0 Å². The van der Waals surface area contributed by atoms with Crippen molar-refractivity contribution in [1.82, 2.24) is 9.55 Å². The Bertz CT molecular complexity index is 1280. The lowest BCUT2D eigenvalue weighted by molar-refractivity contribution is 0.0689. The van der Waals surface area contributed by atoms with Crippen molar-refractivity contribution in [3.63, 3.8) is 0 Å². The lowest BCUT2D eigenvalue weighted by Crippen LogP contribution is -2.29. The maximum Gasteiger partial charge on any atom is 0.339 e. The number of ether oxygens (including phenoxy) is 2. The fourth-order valence-electron chi connectivity index (χ4n) is 4.55. The van der Waals surface area contributed by atoms with Crippen molar-refractivity contribution in [2.45, 2.75) is 50.7 Å². The van der Waals surface area contributed by atoms with Gasteiger partial charge in [0.15, 0.2) is 0 Å². The molecule has 1 atom stereocenters. The van der Waals surface area contributed by atoms with Gasteiger partial charge in [0.1, 0.15) is 29.1 Å². The Morgan fingerprint density at radius 2 is 1.94 bits per heavy atom. The third-order valence-corrected chi connectivity index (χ3v) is 6.38. The summed E-state index contributed by atoms with van der Waals surface area (Å²) in [5, 5.41) is 9.68. The van der Waals surface area contributed by atoms with E-state index in [1.54, 1.807) is 29.7 Å². The first-order valence-electron chi connectivity index (χ1n) is 11.3. The summed E-state index contributed by atoms with van der Waals surface area (Å²) in [6.45, 7) is 2.94. The molecule has 1 saturated carbocycles. The molecular formula is C25H25FN2O5.